The topological polar surface area (TPSA) is 62.6 Å². The first-order chi connectivity index (χ1) is 12.1. The molecule has 1 heterocycles. The number of hydrogen-bond acceptors (Lipinski definition) is 5. The van der Waals surface area contributed by atoms with Crippen molar-refractivity contribution in [1.82, 2.24) is 9.55 Å². The van der Waals surface area contributed by atoms with Crippen LogP contribution in [-0.4, -0.2) is 30.9 Å². The van der Waals surface area contributed by atoms with Crippen LogP contribution in [0.25, 0.3) is 11.0 Å². The smallest absolute Gasteiger partial charge is 0.269 e. The highest BCUT2D eigenvalue weighted by atomic mass is 16.5. The molecule has 0 aliphatic carbocycles. The molecule has 3 aromatic rings. The van der Waals surface area contributed by atoms with Crippen LogP contribution in [0.1, 0.15) is 11.1 Å². The van der Waals surface area contributed by atoms with Crippen LogP contribution in [0.2, 0.25) is 0 Å². The van der Waals surface area contributed by atoms with Crippen molar-refractivity contribution in [2.24, 2.45) is 0 Å². The van der Waals surface area contributed by atoms with Crippen molar-refractivity contribution in [2.75, 3.05) is 21.3 Å². The highest BCUT2D eigenvalue weighted by Gasteiger charge is 2.13. The van der Waals surface area contributed by atoms with Crippen molar-refractivity contribution in [3.8, 4) is 17.2 Å². The monoisotopic (exact) mass is 340 g/mol. The molecule has 0 atom stereocenters. The van der Waals surface area contributed by atoms with E-state index in [4.69, 9.17) is 14.2 Å². The van der Waals surface area contributed by atoms with Gasteiger partial charge in [0.05, 0.1) is 45.1 Å². The number of hydrogen-bond donors (Lipinski definition) is 0. The Hall–Kier alpha value is -3.02. The van der Waals surface area contributed by atoms with Crippen LogP contribution in [0.3, 0.4) is 0 Å². The van der Waals surface area contributed by atoms with Gasteiger partial charge in [-0.25, -0.2) is 4.98 Å². The van der Waals surface area contributed by atoms with E-state index in [9.17, 15) is 4.79 Å². The second kappa shape index (κ2) is 6.84. The first kappa shape index (κ1) is 16.8. The quantitative estimate of drug-likeness (QED) is 0.715. The summed E-state index contributed by atoms with van der Waals surface area (Å²) < 4.78 is 17.8. The standard InChI is InChI=1S/C19H20N2O4/c1-12-5-6-16(23-2)13(7-12)11-21-15-9-18(25-4)17(24-3)8-14(15)20-10-19(21)22/h5-10H,11H2,1-4H3. The van der Waals surface area contributed by atoms with Crippen molar-refractivity contribution in [1.29, 1.82) is 0 Å². The number of aryl methyl sites for hydroxylation is 1. The minimum absolute atomic E-state index is 0.191. The van der Waals surface area contributed by atoms with Crippen molar-refractivity contribution in [2.45, 2.75) is 13.5 Å². The van der Waals surface area contributed by atoms with Gasteiger partial charge in [-0.1, -0.05) is 17.7 Å². The minimum Gasteiger partial charge on any atom is -0.496 e. The summed E-state index contributed by atoms with van der Waals surface area (Å²) in [7, 11) is 4.75. The van der Waals surface area contributed by atoms with Crippen LogP contribution >= 0.6 is 0 Å². The lowest BCUT2D eigenvalue weighted by Gasteiger charge is -2.15. The van der Waals surface area contributed by atoms with E-state index in [1.165, 1.54) is 6.20 Å². The van der Waals surface area contributed by atoms with E-state index in [2.05, 4.69) is 4.98 Å². The van der Waals surface area contributed by atoms with Gasteiger partial charge in [0.2, 0.25) is 0 Å². The summed E-state index contributed by atoms with van der Waals surface area (Å²) in [5.41, 5.74) is 3.16. The summed E-state index contributed by atoms with van der Waals surface area (Å²) in [6.07, 6.45) is 1.32. The van der Waals surface area contributed by atoms with Gasteiger partial charge in [-0.05, 0) is 13.0 Å². The van der Waals surface area contributed by atoms with Gasteiger partial charge in [0.25, 0.3) is 5.56 Å². The van der Waals surface area contributed by atoms with Gasteiger partial charge in [-0.15, -0.1) is 0 Å². The summed E-state index contributed by atoms with van der Waals surface area (Å²) in [6, 6.07) is 9.42. The predicted molar refractivity (Wildman–Crippen MR) is 95.9 cm³/mol. The molecule has 0 bridgehead atoms. The van der Waals surface area contributed by atoms with Crippen molar-refractivity contribution < 1.29 is 14.2 Å². The maximum absolute atomic E-state index is 12.5. The van der Waals surface area contributed by atoms with Crippen LogP contribution in [0.4, 0.5) is 0 Å². The van der Waals surface area contributed by atoms with Crippen molar-refractivity contribution in [3.05, 3.63) is 58.0 Å². The lowest BCUT2D eigenvalue weighted by Crippen LogP contribution is -2.21. The molecule has 0 radical (unpaired) electrons. The number of fused-ring (bicyclic) bond motifs is 1. The van der Waals surface area contributed by atoms with Crippen molar-refractivity contribution >= 4 is 11.0 Å². The van der Waals surface area contributed by atoms with E-state index in [0.717, 1.165) is 16.9 Å². The number of aromatic nitrogens is 2. The molecule has 0 aliphatic heterocycles. The highest BCUT2D eigenvalue weighted by Crippen LogP contribution is 2.31. The maximum Gasteiger partial charge on any atom is 0.269 e. The molecule has 0 saturated carbocycles. The van der Waals surface area contributed by atoms with Gasteiger partial charge >= 0.3 is 0 Å². The molecule has 0 spiro atoms. The summed E-state index contributed by atoms with van der Waals surface area (Å²) in [5.74, 6) is 1.86. The lowest BCUT2D eigenvalue weighted by molar-refractivity contribution is 0.355. The van der Waals surface area contributed by atoms with Gasteiger partial charge in [0, 0.05) is 17.7 Å². The fourth-order valence-corrected chi connectivity index (χ4v) is 2.85. The largest absolute Gasteiger partial charge is 0.496 e. The molecule has 2 aromatic carbocycles. The molecule has 0 amide bonds. The molecule has 0 N–H and O–H groups in total. The van der Waals surface area contributed by atoms with Crippen LogP contribution in [0.5, 0.6) is 17.2 Å². The number of nitrogens with zero attached hydrogens (tertiary/aromatic N) is 2. The van der Waals surface area contributed by atoms with Gasteiger partial charge < -0.3 is 18.8 Å². The molecule has 130 valence electrons. The Morgan fingerprint density at radius 3 is 2.32 bits per heavy atom. The fourth-order valence-electron chi connectivity index (χ4n) is 2.85. The summed E-state index contributed by atoms with van der Waals surface area (Å²) >= 11 is 0. The van der Waals surface area contributed by atoms with E-state index in [-0.39, 0.29) is 5.56 Å². The lowest BCUT2D eigenvalue weighted by atomic mass is 10.1. The summed E-state index contributed by atoms with van der Waals surface area (Å²) in [4.78, 5) is 16.7. The molecule has 3 rings (SSSR count). The fraction of sp³-hybridized carbons (Fsp3) is 0.263. The first-order valence-electron chi connectivity index (χ1n) is 7.82. The van der Waals surface area contributed by atoms with E-state index >= 15 is 0 Å². The van der Waals surface area contributed by atoms with Crippen LogP contribution in [0.15, 0.2) is 41.3 Å². The highest BCUT2D eigenvalue weighted by molar-refractivity contribution is 5.79. The van der Waals surface area contributed by atoms with Gasteiger partial charge in [-0.2, -0.15) is 0 Å². The molecular formula is C19H20N2O4. The summed E-state index contributed by atoms with van der Waals surface area (Å²) in [6.45, 7) is 2.38. The Morgan fingerprint density at radius 1 is 0.960 bits per heavy atom. The molecule has 0 fully saturated rings. The van der Waals surface area contributed by atoms with Crippen LogP contribution in [0, 0.1) is 6.92 Å². The van der Waals surface area contributed by atoms with E-state index in [1.807, 2.05) is 25.1 Å². The normalized spacial score (nSPS) is 10.7. The Bertz CT molecular complexity index is 979. The van der Waals surface area contributed by atoms with Gasteiger partial charge in [0.1, 0.15) is 5.75 Å². The number of rotatable bonds is 5. The number of ether oxygens (including phenoxy) is 3. The molecule has 25 heavy (non-hydrogen) atoms. The second-order valence-corrected chi connectivity index (χ2v) is 5.69. The zero-order valence-corrected chi connectivity index (χ0v) is 14.7. The zero-order valence-electron chi connectivity index (χ0n) is 14.7. The Kier molecular flexibility index (Phi) is 4.61. The predicted octanol–water partition coefficient (Wildman–Crippen LogP) is 2.78. The van der Waals surface area contributed by atoms with E-state index in [0.29, 0.717) is 29.1 Å². The Labute approximate surface area is 145 Å². The van der Waals surface area contributed by atoms with Gasteiger partial charge in [0.15, 0.2) is 11.5 Å². The van der Waals surface area contributed by atoms with E-state index < -0.39 is 0 Å². The van der Waals surface area contributed by atoms with Gasteiger partial charge in [-0.3, -0.25) is 4.79 Å². The third-order valence-electron chi connectivity index (χ3n) is 4.12. The average Bonchev–Trinajstić information content (AvgIpc) is 2.63. The van der Waals surface area contributed by atoms with Crippen LogP contribution < -0.4 is 19.8 Å². The van der Waals surface area contributed by atoms with Crippen molar-refractivity contribution in [3.63, 3.8) is 0 Å². The van der Waals surface area contributed by atoms with E-state index in [1.54, 1.807) is 38.0 Å². The molecule has 0 unspecified atom stereocenters. The molecule has 0 aliphatic rings. The average molecular weight is 340 g/mol. The Morgan fingerprint density at radius 2 is 1.64 bits per heavy atom. The third kappa shape index (κ3) is 3.15. The first-order valence-corrected chi connectivity index (χ1v) is 7.82. The zero-order chi connectivity index (χ0) is 18.0. The maximum atomic E-state index is 12.5. The molecule has 1 aromatic heterocycles. The third-order valence-corrected chi connectivity index (χ3v) is 4.12. The molecule has 6 heteroatoms. The molecule has 0 saturated heterocycles. The number of benzene rings is 2. The SMILES string of the molecule is COc1ccc(C)cc1Cn1c(=O)cnc2cc(OC)c(OC)cc21. The summed E-state index contributed by atoms with van der Waals surface area (Å²) in [5, 5.41) is 0. The minimum atomic E-state index is -0.191. The van der Waals surface area contributed by atoms with Crippen LogP contribution in [-0.2, 0) is 6.54 Å². The molecular weight excluding hydrogens is 320 g/mol. The number of methoxy groups -OCH3 is 3. The Balaban J connectivity index is 2.20. The molecule has 6 nitrogen and oxygen atoms in total. The second-order valence-electron chi connectivity index (χ2n) is 5.69.